The van der Waals surface area contributed by atoms with Crippen molar-refractivity contribution in [2.24, 2.45) is 0 Å². The predicted molar refractivity (Wildman–Crippen MR) is 135 cm³/mol. The van der Waals surface area contributed by atoms with Gasteiger partial charge in [-0.1, -0.05) is 12.1 Å². The molecule has 1 amide bonds. The number of nitrogens with zero attached hydrogens (tertiary/aromatic N) is 3. The van der Waals surface area contributed by atoms with Crippen LogP contribution >= 0.6 is 0 Å². The van der Waals surface area contributed by atoms with Gasteiger partial charge in [0.1, 0.15) is 22.9 Å². The summed E-state index contributed by atoms with van der Waals surface area (Å²) in [6, 6.07) is 9.97. The third-order valence-corrected chi connectivity index (χ3v) is 6.99. The molecule has 0 aliphatic carbocycles. The van der Waals surface area contributed by atoms with Crippen LogP contribution in [0.4, 0.5) is 19.0 Å². The molecule has 2 saturated heterocycles. The number of hydrogen-bond acceptors (Lipinski definition) is 7. The van der Waals surface area contributed by atoms with E-state index in [9.17, 15) is 18.0 Å². The number of hydrogen-bond donors (Lipinski definition) is 1. The first-order chi connectivity index (χ1) is 18.3. The van der Waals surface area contributed by atoms with Crippen molar-refractivity contribution in [1.82, 2.24) is 15.4 Å². The average Bonchev–Trinajstić information content (AvgIpc) is 3.35. The molecule has 1 aromatic heterocycles. The Hall–Kier alpha value is -3.57. The summed E-state index contributed by atoms with van der Waals surface area (Å²) >= 11 is 0. The average molecular weight is 531 g/mol. The van der Waals surface area contributed by atoms with Crippen molar-refractivity contribution in [3.8, 4) is 5.75 Å². The maximum atomic E-state index is 13.3. The number of anilines is 1. The minimum absolute atomic E-state index is 0.199. The molecular formula is C27H29F3N4O4. The second kappa shape index (κ2) is 10.7. The van der Waals surface area contributed by atoms with E-state index in [0.29, 0.717) is 57.8 Å². The quantitative estimate of drug-likeness (QED) is 0.588. The highest BCUT2D eigenvalue weighted by atomic mass is 19.4. The third kappa shape index (κ3) is 5.63. The standard InChI is InChI=1S/C27H29F3N4O4/c1-36-21-4-2-3-20(17-21)22-18-26(38-32-22)9-11-33(12-10-26)24(35)8-6-19-5-7-23(27(28,29)30)31-25(19)34-13-15-37-16-14-34/h2-8,17-18,32H,9-16H2,1H3. The highest BCUT2D eigenvalue weighted by Gasteiger charge is 2.39. The fraction of sp³-hybridized carbons (Fsp3) is 0.407. The van der Waals surface area contributed by atoms with Crippen LogP contribution in [0.2, 0.25) is 0 Å². The van der Waals surface area contributed by atoms with Crippen molar-refractivity contribution in [2.75, 3.05) is 51.4 Å². The summed E-state index contributed by atoms with van der Waals surface area (Å²) in [6.07, 6.45) is 1.65. The van der Waals surface area contributed by atoms with Gasteiger partial charge in [-0.2, -0.15) is 13.2 Å². The van der Waals surface area contributed by atoms with Gasteiger partial charge in [-0.25, -0.2) is 4.98 Å². The highest BCUT2D eigenvalue weighted by Crippen LogP contribution is 2.36. The summed E-state index contributed by atoms with van der Waals surface area (Å²) in [6.45, 7) is 2.62. The van der Waals surface area contributed by atoms with E-state index in [-0.39, 0.29) is 11.7 Å². The molecule has 0 bridgehead atoms. The Morgan fingerprint density at radius 2 is 1.89 bits per heavy atom. The molecule has 0 saturated carbocycles. The molecule has 2 fully saturated rings. The number of amides is 1. The molecule has 3 aliphatic heterocycles. The van der Waals surface area contributed by atoms with E-state index >= 15 is 0 Å². The van der Waals surface area contributed by atoms with Crippen LogP contribution in [0.25, 0.3) is 11.8 Å². The Morgan fingerprint density at radius 3 is 2.61 bits per heavy atom. The first kappa shape index (κ1) is 26.1. The number of hydroxylamine groups is 1. The van der Waals surface area contributed by atoms with Gasteiger partial charge in [0.25, 0.3) is 0 Å². The smallest absolute Gasteiger partial charge is 0.433 e. The molecule has 1 aromatic carbocycles. The molecule has 0 unspecified atom stereocenters. The lowest BCUT2D eigenvalue weighted by atomic mass is 9.90. The number of rotatable bonds is 5. The SMILES string of the molecule is COc1cccc(C2=CC3(CCN(C(=O)C=Cc4ccc(C(F)(F)F)nc4N4CCOCC4)CC3)ON2)c1. The monoisotopic (exact) mass is 530 g/mol. The lowest BCUT2D eigenvalue weighted by Crippen LogP contribution is -2.46. The first-order valence-corrected chi connectivity index (χ1v) is 12.5. The molecule has 1 spiro atoms. The van der Waals surface area contributed by atoms with Crippen LogP contribution in [0, 0.1) is 0 Å². The Labute approximate surface area is 218 Å². The van der Waals surface area contributed by atoms with Gasteiger partial charge in [0.2, 0.25) is 5.91 Å². The second-order valence-corrected chi connectivity index (χ2v) is 9.42. The van der Waals surface area contributed by atoms with Crippen LogP contribution in [-0.4, -0.2) is 67.9 Å². The number of pyridine rings is 1. The number of carbonyl (C=O) groups is 1. The molecule has 202 valence electrons. The van der Waals surface area contributed by atoms with Crippen molar-refractivity contribution < 1.29 is 32.3 Å². The van der Waals surface area contributed by atoms with Crippen LogP contribution in [0.5, 0.6) is 5.75 Å². The number of alkyl halides is 3. The van der Waals surface area contributed by atoms with E-state index < -0.39 is 17.5 Å². The van der Waals surface area contributed by atoms with E-state index in [0.717, 1.165) is 23.1 Å². The van der Waals surface area contributed by atoms with Gasteiger partial charge in [0.15, 0.2) is 0 Å². The minimum Gasteiger partial charge on any atom is -0.497 e. The van der Waals surface area contributed by atoms with E-state index in [1.807, 2.05) is 24.3 Å². The van der Waals surface area contributed by atoms with E-state index in [1.165, 1.54) is 12.1 Å². The summed E-state index contributed by atoms with van der Waals surface area (Å²) in [5.41, 5.74) is 3.80. The Morgan fingerprint density at radius 1 is 1.13 bits per heavy atom. The topological polar surface area (TPSA) is 76.2 Å². The van der Waals surface area contributed by atoms with E-state index in [2.05, 4.69) is 16.5 Å². The molecule has 0 radical (unpaired) electrons. The second-order valence-electron chi connectivity index (χ2n) is 9.42. The number of benzene rings is 1. The van der Waals surface area contributed by atoms with Crippen LogP contribution in [0.1, 0.15) is 29.7 Å². The van der Waals surface area contributed by atoms with Crippen LogP contribution in [0.3, 0.4) is 0 Å². The fourth-order valence-electron chi connectivity index (χ4n) is 4.81. The zero-order chi connectivity index (χ0) is 26.8. The normalized spacial score (nSPS) is 19.5. The van der Waals surface area contributed by atoms with Crippen molar-refractivity contribution in [3.05, 3.63) is 65.4 Å². The molecule has 11 heteroatoms. The van der Waals surface area contributed by atoms with Gasteiger partial charge in [-0.15, -0.1) is 0 Å². The molecular weight excluding hydrogens is 501 g/mol. The summed E-state index contributed by atoms with van der Waals surface area (Å²) < 4.78 is 50.5. The summed E-state index contributed by atoms with van der Waals surface area (Å²) in [5, 5.41) is 0. The van der Waals surface area contributed by atoms with Crippen LogP contribution in [0.15, 0.2) is 48.6 Å². The highest BCUT2D eigenvalue weighted by molar-refractivity contribution is 5.92. The minimum atomic E-state index is -4.55. The van der Waals surface area contributed by atoms with Crippen molar-refractivity contribution in [3.63, 3.8) is 0 Å². The maximum absolute atomic E-state index is 13.3. The van der Waals surface area contributed by atoms with E-state index in [4.69, 9.17) is 14.3 Å². The molecule has 1 N–H and O–H groups in total. The molecule has 5 rings (SSSR count). The molecule has 2 aromatic rings. The molecule has 8 nitrogen and oxygen atoms in total. The van der Waals surface area contributed by atoms with Crippen molar-refractivity contribution in [1.29, 1.82) is 0 Å². The number of nitrogens with one attached hydrogen (secondary N) is 1. The number of methoxy groups -OCH3 is 1. The molecule has 38 heavy (non-hydrogen) atoms. The van der Waals surface area contributed by atoms with Crippen molar-refractivity contribution >= 4 is 23.5 Å². The maximum Gasteiger partial charge on any atom is 0.433 e. The third-order valence-electron chi connectivity index (χ3n) is 6.99. The van der Waals surface area contributed by atoms with Gasteiger partial charge >= 0.3 is 6.18 Å². The fourth-order valence-corrected chi connectivity index (χ4v) is 4.81. The zero-order valence-corrected chi connectivity index (χ0v) is 21.0. The van der Waals surface area contributed by atoms with Gasteiger partial charge in [0.05, 0.1) is 26.0 Å². The van der Waals surface area contributed by atoms with Crippen LogP contribution in [-0.2, 0) is 20.5 Å². The van der Waals surface area contributed by atoms with Gasteiger partial charge in [0, 0.05) is 56.2 Å². The van der Waals surface area contributed by atoms with Gasteiger partial charge in [-0.05, 0) is 36.4 Å². The Balaban J connectivity index is 1.26. The number of ether oxygens (including phenoxy) is 2. The number of halogens is 3. The lowest BCUT2D eigenvalue weighted by molar-refractivity contribution is -0.141. The number of carbonyl (C=O) groups excluding carboxylic acids is 1. The molecule has 3 aliphatic rings. The number of likely N-dealkylation sites (tertiary alicyclic amines) is 1. The number of morpholine rings is 1. The first-order valence-electron chi connectivity index (χ1n) is 12.5. The van der Waals surface area contributed by atoms with Crippen molar-refractivity contribution in [2.45, 2.75) is 24.6 Å². The molecule has 4 heterocycles. The zero-order valence-electron chi connectivity index (χ0n) is 21.0. The largest absolute Gasteiger partial charge is 0.497 e. The summed E-state index contributed by atoms with van der Waals surface area (Å²) in [5.74, 6) is 0.736. The van der Waals surface area contributed by atoms with Gasteiger partial charge in [-0.3, -0.25) is 15.1 Å². The molecule has 0 atom stereocenters. The van der Waals surface area contributed by atoms with Crippen LogP contribution < -0.4 is 15.1 Å². The van der Waals surface area contributed by atoms with Gasteiger partial charge < -0.3 is 19.3 Å². The Bertz CT molecular complexity index is 1230. The number of piperidine rings is 1. The lowest BCUT2D eigenvalue weighted by Gasteiger charge is -2.36. The Kier molecular flexibility index (Phi) is 7.31. The van der Waals surface area contributed by atoms with E-state index in [1.54, 1.807) is 23.0 Å². The number of aromatic nitrogens is 1. The summed E-state index contributed by atoms with van der Waals surface area (Å²) in [4.78, 5) is 26.3. The summed E-state index contributed by atoms with van der Waals surface area (Å²) in [7, 11) is 1.62. The predicted octanol–water partition coefficient (Wildman–Crippen LogP) is 3.90.